The SMILES string of the molecule is CCNC(=O)[C@@H](CC)N1C(=O)C(CC(=O)O)C[C@H](c2cccc(Cl)c2)C1c1ccc(Cl)cc1. The first-order valence-corrected chi connectivity index (χ1v) is 11.8. The molecule has 3 rings (SSSR count). The van der Waals surface area contributed by atoms with Gasteiger partial charge in [-0.3, -0.25) is 14.4 Å². The van der Waals surface area contributed by atoms with Gasteiger partial charge in [0.2, 0.25) is 11.8 Å². The minimum absolute atomic E-state index is 0.254. The lowest BCUT2D eigenvalue weighted by Crippen LogP contribution is -2.56. The molecule has 0 spiro atoms. The summed E-state index contributed by atoms with van der Waals surface area (Å²) >= 11 is 12.4. The molecule has 1 heterocycles. The zero-order chi connectivity index (χ0) is 24.1. The number of amides is 2. The van der Waals surface area contributed by atoms with Crippen molar-refractivity contribution in [1.82, 2.24) is 10.2 Å². The predicted octanol–water partition coefficient (Wildman–Crippen LogP) is 5.06. The van der Waals surface area contributed by atoms with Gasteiger partial charge in [-0.25, -0.2) is 0 Å². The fourth-order valence-electron chi connectivity index (χ4n) is 4.72. The van der Waals surface area contributed by atoms with Crippen molar-refractivity contribution < 1.29 is 19.5 Å². The summed E-state index contributed by atoms with van der Waals surface area (Å²) in [6, 6.07) is 13.4. The number of halogens is 2. The van der Waals surface area contributed by atoms with Crippen molar-refractivity contribution in [3.8, 4) is 0 Å². The number of benzene rings is 2. The van der Waals surface area contributed by atoms with E-state index in [1.165, 1.54) is 0 Å². The Morgan fingerprint density at radius 3 is 2.36 bits per heavy atom. The van der Waals surface area contributed by atoms with Crippen LogP contribution in [-0.4, -0.2) is 40.4 Å². The second-order valence-corrected chi connectivity index (χ2v) is 9.13. The van der Waals surface area contributed by atoms with Crippen molar-refractivity contribution in [2.45, 2.75) is 51.1 Å². The summed E-state index contributed by atoms with van der Waals surface area (Å²) in [5, 5.41) is 13.4. The normalized spacial score (nSPS) is 21.5. The van der Waals surface area contributed by atoms with Gasteiger partial charge >= 0.3 is 5.97 Å². The van der Waals surface area contributed by atoms with Crippen LogP contribution in [0.1, 0.15) is 56.2 Å². The summed E-state index contributed by atoms with van der Waals surface area (Å²) in [5.74, 6) is -2.63. The maximum absolute atomic E-state index is 13.7. The molecule has 2 amide bonds. The number of likely N-dealkylation sites (N-methyl/N-ethyl adjacent to an activating group) is 1. The number of carboxylic acids is 1. The summed E-state index contributed by atoms with van der Waals surface area (Å²) < 4.78 is 0. The number of likely N-dealkylation sites (tertiary alicyclic amines) is 1. The molecule has 1 saturated heterocycles. The Morgan fingerprint density at radius 2 is 1.79 bits per heavy atom. The smallest absolute Gasteiger partial charge is 0.304 e. The topological polar surface area (TPSA) is 86.7 Å². The third kappa shape index (κ3) is 5.68. The van der Waals surface area contributed by atoms with Crippen LogP contribution < -0.4 is 5.32 Å². The van der Waals surface area contributed by atoms with Crippen LogP contribution in [0.2, 0.25) is 10.0 Å². The fraction of sp³-hybridized carbons (Fsp3) is 0.400. The fourth-order valence-corrected chi connectivity index (χ4v) is 5.04. The van der Waals surface area contributed by atoms with E-state index in [-0.39, 0.29) is 24.2 Å². The lowest BCUT2D eigenvalue weighted by molar-refractivity contribution is -0.155. The van der Waals surface area contributed by atoms with E-state index in [2.05, 4.69) is 5.32 Å². The molecule has 0 aliphatic carbocycles. The first kappa shape index (κ1) is 25.1. The van der Waals surface area contributed by atoms with Gasteiger partial charge in [0.1, 0.15) is 6.04 Å². The number of carbonyl (C=O) groups is 3. The van der Waals surface area contributed by atoms with E-state index in [4.69, 9.17) is 23.2 Å². The third-order valence-corrected chi connectivity index (χ3v) is 6.60. The van der Waals surface area contributed by atoms with Crippen LogP contribution in [0.4, 0.5) is 0 Å². The average molecular weight is 491 g/mol. The second-order valence-electron chi connectivity index (χ2n) is 8.25. The number of aliphatic carboxylic acids is 1. The number of nitrogens with one attached hydrogen (secondary N) is 1. The highest BCUT2D eigenvalue weighted by molar-refractivity contribution is 6.30. The van der Waals surface area contributed by atoms with E-state index >= 15 is 0 Å². The van der Waals surface area contributed by atoms with Crippen molar-refractivity contribution in [2.75, 3.05) is 6.54 Å². The third-order valence-electron chi connectivity index (χ3n) is 6.11. The highest BCUT2D eigenvalue weighted by atomic mass is 35.5. The first-order chi connectivity index (χ1) is 15.8. The number of hydrogen-bond acceptors (Lipinski definition) is 3. The Bertz CT molecular complexity index is 1010. The molecule has 33 heavy (non-hydrogen) atoms. The average Bonchev–Trinajstić information content (AvgIpc) is 2.77. The Morgan fingerprint density at radius 1 is 1.09 bits per heavy atom. The number of nitrogens with zero attached hydrogens (tertiary/aromatic N) is 1. The molecule has 2 unspecified atom stereocenters. The van der Waals surface area contributed by atoms with Gasteiger partial charge in [-0.05, 0) is 55.2 Å². The maximum atomic E-state index is 13.7. The quantitative estimate of drug-likeness (QED) is 0.541. The molecule has 1 aliphatic heterocycles. The van der Waals surface area contributed by atoms with Crippen molar-refractivity contribution in [2.24, 2.45) is 5.92 Å². The zero-order valence-electron chi connectivity index (χ0n) is 18.6. The molecule has 6 nitrogen and oxygen atoms in total. The maximum Gasteiger partial charge on any atom is 0.304 e. The summed E-state index contributed by atoms with van der Waals surface area (Å²) in [6.45, 7) is 4.10. The van der Waals surface area contributed by atoms with Crippen LogP contribution in [0.3, 0.4) is 0 Å². The van der Waals surface area contributed by atoms with E-state index in [1.807, 2.05) is 44.2 Å². The van der Waals surface area contributed by atoms with Gasteiger partial charge in [-0.1, -0.05) is 54.4 Å². The lowest BCUT2D eigenvalue weighted by Gasteiger charge is -2.47. The number of hydrogen-bond donors (Lipinski definition) is 2. The summed E-state index contributed by atoms with van der Waals surface area (Å²) in [6.07, 6.45) is 0.427. The summed E-state index contributed by atoms with van der Waals surface area (Å²) in [4.78, 5) is 39.9. The standard InChI is InChI=1S/C25H28Cl2N2O4/c1-3-21(24(32)28-4-2)29-23(15-8-10-18(26)11-9-15)20(16-6-5-7-19(27)12-16)13-17(25(29)33)14-22(30)31/h5-12,17,20-21,23H,3-4,13-14H2,1-2H3,(H,28,32)(H,30,31)/t17?,20-,21-,23?/m1/s1. The van der Waals surface area contributed by atoms with E-state index in [9.17, 15) is 19.5 Å². The van der Waals surface area contributed by atoms with E-state index in [1.54, 1.807) is 23.1 Å². The number of carboxylic acid groups (broad SMARTS) is 1. The highest BCUT2D eigenvalue weighted by Crippen LogP contribution is 2.47. The molecule has 1 aliphatic rings. The van der Waals surface area contributed by atoms with Gasteiger partial charge in [0.25, 0.3) is 0 Å². The van der Waals surface area contributed by atoms with Crippen LogP contribution >= 0.6 is 23.2 Å². The van der Waals surface area contributed by atoms with Gasteiger partial charge in [-0.2, -0.15) is 0 Å². The molecule has 1 fully saturated rings. The molecule has 2 aromatic rings. The minimum atomic E-state index is -1.05. The Balaban J connectivity index is 2.20. The number of carbonyl (C=O) groups excluding carboxylic acids is 2. The van der Waals surface area contributed by atoms with Crippen molar-refractivity contribution in [1.29, 1.82) is 0 Å². The zero-order valence-corrected chi connectivity index (χ0v) is 20.1. The van der Waals surface area contributed by atoms with Crippen LogP contribution in [0.15, 0.2) is 48.5 Å². The molecule has 4 atom stereocenters. The van der Waals surface area contributed by atoms with Gasteiger partial charge in [0, 0.05) is 28.4 Å². The largest absolute Gasteiger partial charge is 0.481 e. The van der Waals surface area contributed by atoms with Gasteiger partial charge in [-0.15, -0.1) is 0 Å². The Kier molecular flexibility index (Phi) is 8.38. The van der Waals surface area contributed by atoms with Crippen LogP contribution in [0.25, 0.3) is 0 Å². The van der Waals surface area contributed by atoms with Crippen LogP contribution in [0.5, 0.6) is 0 Å². The van der Waals surface area contributed by atoms with Gasteiger partial charge in [0.15, 0.2) is 0 Å². The van der Waals surface area contributed by atoms with Crippen LogP contribution in [-0.2, 0) is 14.4 Å². The van der Waals surface area contributed by atoms with E-state index in [0.29, 0.717) is 29.4 Å². The molecule has 176 valence electrons. The molecular formula is C25H28Cl2N2O4. The Labute approximate surface area is 203 Å². The molecule has 0 aromatic heterocycles. The summed E-state index contributed by atoms with van der Waals surface area (Å²) in [7, 11) is 0. The van der Waals surface area contributed by atoms with Gasteiger partial charge < -0.3 is 15.3 Å². The highest BCUT2D eigenvalue weighted by Gasteiger charge is 2.47. The predicted molar refractivity (Wildman–Crippen MR) is 128 cm³/mol. The Hall–Kier alpha value is -2.57. The molecule has 2 aromatic carbocycles. The number of piperidine rings is 1. The molecule has 0 saturated carbocycles. The van der Waals surface area contributed by atoms with Crippen molar-refractivity contribution >= 4 is 41.0 Å². The molecule has 0 bridgehead atoms. The second kappa shape index (κ2) is 11.0. The molecule has 2 N–H and O–H groups in total. The number of rotatable bonds is 8. The van der Waals surface area contributed by atoms with Crippen LogP contribution in [0, 0.1) is 5.92 Å². The van der Waals surface area contributed by atoms with E-state index < -0.39 is 24.0 Å². The molecular weight excluding hydrogens is 463 g/mol. The lowest BCUT2D eigenvalue weighted by atomic mass is 9.74. The van der Waals surface area contributed by atoms with Crippen molar-refractivity contribution in [3.63, 3.8) is 0 Å². The molecule has 8 heteroatoms. The first-order valence-electron chi connectivity index (χ1n) is 11.1. The van der Waals surface area contributed by atoms with Crippen molar-refractivity contribution in [3.05, 3.63) is 69.7 Å². The summed E-state index contributed by atoms with van der Waals surface area (Å²) in [5.41, 5.74) is 1.72. The molecule has 0 radical (unpaired) electrons. The van der Waals surface area contributed by atoms with E-state index in [0.717, 1.165) is 11.1 Å². The minimum Gasteiger partial charge on any atom is -0.481 e. The monoisotopic (exact) mass is 490 g/mol. The van der Waals surface area contributed by atoms with Gasteiger partial charge in [0.05, 0.1) is 12.5 Å².